The van der Waals surface area contributed by atoms with Gasteiger partial charge < -0.3 is 0 Å². The van der Waals surface area contributed by atoms with E-state index in [1.165, 1.54) is 0 Å². The monoisotopic (exact) mass is 207 g/mol. The van der Waals surface area contributed by atoms with E-state index in [1.54, 1.807) is 0 Å². The van der Waals surface area contributed by atoms with Gasteiger partial charge in [0.2, 0.25) is 0 Å². The van der Waals surface area contributed by atoms with Crippen molar-refractivity contribution in [3.63, 3.8) is 0 Å². The summed E-state index contributed by atoms with van der Waals surface area (Å²) in [4.78, 5) is 0. The number of rotatable bonds is 4. The van der Waals surface area contributed by atoms with Crippen molar-refractivity contribution in [3.8, 4) is 0 Å². The molecule has 0 aliphatic carbocycles. The first-order valence-electron chi connectivity index (χ1n) is 2.37. The molecule has 0 aromatic heterocycles. The number of hydrogen-bond donors (Lipinski definition) is 1. The van der Waals surface area contributed by atoms with Crippen LogP contribution < -0.4 is 0 Å². The molecule has 1 N–H and O–H groups in total. The van der Waals surface area contributed by atoms with Crippen molar-refractivity contribution in [2.75, 3.05) is 18.4 Å². The Bertz CT molecular complexity index is 180. The van der Waals surface area contributed by atoms with Gasteiger partial charge in [-0.1, -0.05) is 0 Å². The predicted octanol–water partition coefficient (Wildman–Crippen LogP) is 0.526. The molecule has 0 aliphatic heterocycles. The Balaban J connectivity index is 4.08. The molecule has 0 amide bonds. The quantitative estimate of drug-likeness (QED) is 0.416. The van der Waals surface area contributed by atoms with Gasteiger partial charge in [0.1, 0.15) is 0 Å². The molecule has 0 fully saturated rings. The van der Waals surface area contributed by atoms with E-state index in [4.69, 9.17) is 27.8 Å². The molecule has 0 aliphatic rings. The molecule has 0 heterocycles. The zero-order chi connectivity index (χ0) is 8.20. The number of nitrogens with zero attached hydrogens (tertiary/aromatic N) is 1. The van der Waals surface area contributed by atoms with Crippen molar-refractivity contribution in [1.82, 2.24) is 4.31 Å². The lowest BCUT2D eigenvalue weighted by Crippen LogP contribution is -2.30. The summed E-state index contributed by atoms with van der Waals surface area (Å²) in [7, 11) is -4.16. The third kappa shape index (κ3) is 3.58. The van der Waals surface area contributed by atoms with E-state index in [-0.39, 0.29) is 18.4 Å². The Labute approximate surface area is 69.6 Å². The minimum absolute atomic E-state index is 0.0177. The first-order valence-corrected chi connectivity index (χ1v) is 4.83. The average Bonchev–Trinajstić information content (AvgIpc) is 1.80. The van der Waals surface area contributed by atoms with Crippen LogP contribution in [0.2, 0.25) is 0 Å². The molecular weight excluding hydrogens is 201 g/mol. The van der Waals surface area contributed by atoms with Crippen molar-refractivity contribution in [3.05, 3.63) is 0 Å². The summed E-state index contributed by atoms with van der Waals surface area (Å²) >= 11 is 10.4. The number of alkyl halides is 2. The van der Waals surface area contributed by atoms with Gasteiger partial charge in [0.15, 0.2) is 0 Å². The van der Waals surface area contributed by atoms with E-state index in [1.807, 2.05) is 0 Å². The van der Waals surface area contributed by atoms with Gasteiger partial charge in [-0.05, 0) is 0 Å². The second-order valence-electron chi connectivity index (χ2n) is 1.46. The molecule has 0 rings (SSSR count). The predicted molar refractivity (Wildman–Crippen MR) is 39.7 cm³/mol. The van der Waals surface area contributed by atoms with Gasteiger partial charge in [-0.15, -0.1) is 23.2 Å². The fourth-order valence-electron chi connectivity index (χ4n) is 0.331. The fraction of sp³-hybridized carbons (Fsp3) is 1.00. The molecule has 0 atom stereocenters. The molecule has 62 valence electrons. The van der Waals surface area contributed by atoms with Gasteiger partial charge in [0.25, 0.3) is 0 Å². The Morgan fingerprint density at radius 1 is 1.40 bits per heavy atom. The Morgan fingerprint density at radius 3 is 2.00 bits per heavy atom. The second-order valence-corrected chi connectivity index (χ2v) is 3.49. The molecule has 10 heavy (non-hydrogen) atoms. The highest BCUT2D eigenvalue weighted by Crippen LogP contribution is 1.98. The van der Waals surface area contributed by atoms with Crippen molar-refractivity contribution in [1.29, 1.82) is 0 Å². The maximum absolute atomic E-state index is 10.3. The van der Waals surface area contributed by atoms with E-state index >= 15 is 0 Å². The van der Waals surface area contributed by atoms with Crippen LogP contribution in [0.25, 0.3) is 0 Å². The first kappa shape index (κ1) is 10.4. The summed E-state index contributed by atoms with van der Waals surface area (Å²) in [5.74, 6) is 0.104. The third-order valence-electron chi connectivity index (χ3n) is 0.794. The van der Waals surface area contributed by atoms with Crippen molar-refractivity contribution >= 4 is 33.5 Å². The molecule has 0 saturated carbocycles. The molecule has 7 heteroatoms. The molecular formula is C3H7Cl2NO3S. The topological polar surface area (TPSA) is 57.6 Å². The van der Waals surface area contributed by atoms with Gasteiger partial charge in [-0.25, -0.2) is 0 Å². The fourth-order valence-corrected chi connectivity index (χ4v) is 1.57. The van der Waals surface area contributed by atoms with Crippen LogP contribution in [-0.2, 0) is 10.3 Å². The Kier molecular flexibility index (Phi) is 4.55. The standard InChI is InChI=1S/C3H7Cl2NO3S/c4-1-2-6(3-5)10(7,8)9/h1-3H2,(H,7,8,9). The van der Waals surface area contributed by atoms with Crippen molar-refractivity contribution in [2.24, 2.45) is 0 Å². The van der Waals surface area contributed by atoms with Crippen LogP contribution in [0.4, 0.5) is 0 Å². The van der Waals surface area contributed by atoms with Crippen molar-refractivity contribution < 1.29 is 13.0 Å². The zero-order valence-electron chi connectivity index (χ0n) is 5.00. The SMILES string of the molecule is O=S(=O)(O)N(CCl)CCCl. The highest BCUT2D eigenvalue weighted by molar-refractivity contribution is 7.83. The first-order chi connectivity index (χ1) is 4.52. The van der Waals surface area contributed by atoms with Crippen LogP contribution in [-0.4, -0.2) is 35.7 Å². The van der Waals surface area contributed by atoms with Crippen LogP contribution in [0, 0.1) is 0 Å². The molecule has 0 unspecified atom stereocenters. The maximum atomic E-state index is 10.3. The smallest absolute Gasteiger partial charge is 0.273 e. The Morgan fingerprint density at radius 2 is 1.90 bits per heavy atom. The third-order valence-corrected chi connectivity index (χ3v) is 2.36. The van der Waals surface area contributed by atoms with Crippen LogP contribution in [0.5, 0.6) is 0 Å². The van der Waals surface area contributed by atoms with Gasteiger partial charge in [0, 0.05) is 12.4 Å². The van der Waals surface area contributed by atoms with Crippen LogP contribution in [0.3, 0.4) is 0 Å². The molecule has 0 spiro atoms. The number of hydrogen-bond acceptors (Lipinski definition) is 2. The van der Waals surface area contributed by atoms with Crippen LogP contribution in [0.15, 0.2) is 0 Å². The average molecular weight is 208 g/mol. The Hall–Kier alpha value is 0.450. The molecule has 0 aromatic rings. The zero-order valence-corrected chi connectivity index (χ0v) is 7.32. The summed E-state index contributed by atoms with van der Waals surface area (Å²) in [6.07, 6.45) is 0. The van der Waals surface area contributed by atoms with Crippen LogP contribution in [0.1, 0.15) is 0 Å². The number of halogens is 2. The molecule has 0 aromatic carbocycles. The molecule has 0 radical (unpaired) electrons. The lowest BCUT2D eigenvalue weighted by molar-refractivity contribution is 0.389. The summed E-state index contributed by atoms with van der Waals surface area (Å²) in [6.45, 7) is 0.0177. The maximum Gasteiger partial charge on any atom is 0.337 e. The summed E-state index contributed by atoms with van der Waals surface area (Å²) in [5, 5.41) is 0. The molecule has 4 nitrogen and oxygen atoms in total. The summed E-state index contributed by atoms with van der Waals surface area (Å²) in [6, 6.07) is -0.286. The highest BCUT2D eigenvalue weighted by Gasteiger charge is 2.15. The minimum Gasteiger partial charge on any atom is -0.273 e. The van der Waals surface area contributed by atoms with E-state index in [9.17, 15) is 8.42 Å². The highest BCUT2D eigenvalue weighted by atomic mass is 35.5. The van der Waals surface area contributed by atoms with E-state index < -0.39 is 10.3 Å². The summed E-state index contributed by atoms with van der Waals surface area (Å²) < 4.78 is 29.6. The van der Waals surface area contributed by atoms with E-state index in [0.717, 1.165) is 0 Å². The van der Waals surface area contributed by atoms with Crippen LogP contribution >= 0.6 is 23.2 Å². The minimum atomic E-state index is -4.16. The normalized spacial score (nSPS) is 12.4. The molecule has 0 saturated heterocycles. The van der Waals surface area contributed by atoms with Crippen molar-refractivity contribution in [2.45, 2.75) is 0 Å². The van der Waals surface area contributed by atoms with E-state index in [0.29, 0.717) is 4.31 Å². The lowest BCUT2D eigenvalue weighted by atomic mass is 10.8. The lowest BCUT2D eigenvalue weighted by Gasteiger charge is -2.11. The summed E-state index contributed by atoms with van der Waals surface area (Å²) in [5.41, 5.74) is 0. The molecule has 0 bridgehead atoms. The van der Waals surface area contributed by atoms with Gasteiger partial charge in [-0.3, -0.25) is 4.55 Å². The van der Waals surface area contributed by atoms with Gasteiger partial charge in [-0.2, -0.15) is 12.7 Å². The van der Waals surface area contributed by atoms with E-state index in [2.05, 4.69) is 0 Å². The van der Waals surface area contributed by atoms with Gasteiger partial charge >= 0.3 is 10.3 Å². The van der Waals surface area contributed by atoms with Gasteiger partial charge in [0.05, 0.1) is 6.00 Å². The second kappa shape index (κ2) is 4.35. The largest absolute Gasteiger partial charge is 0.337 e.